The number of aryl methyl sites for hydroxylation is 1. The van der Waals surface area contributed by atoms with E-state index in [1.165, 1.54) is 18.2 Å². The van der Waals surface area contributed by atoms with E-state index < -0.39 is 11.8 Å². The van der Waals surface area contributed by atoms with E-state index in [0.29, 0.717) is 23.6 Å². The summed E-state index contributed by atoms with van der Waals surface area (Å²) in [4.78, 5) is 10.8. The minimum absolute atomic E-state index is 0.0878. The Morgan fingerprint density at radius 2 is 1.95 bits per heavy atom. The highest BCUT2D eigenvalue weighted by molar-refractivity contribution is 6.35. The van der Waals surface area contributed by atoms with Crippen molar-refractivity contribution in [2.75, 3.05) is 5.32 Å². The molecule has 2 aromatic rings. The lowest BCUT2D eigenvalue weighted by Gasteiger charge is -2.07. The van der Waals surface area contributed by atoms with Crippen molar-refractivity contribution in [1.29, 1.82) is 0 Å². The number of carboxylic acid groups (broad SMARTS) is 1. The van der Waals surface area contributed by atoms with Crippen molar-refractivity contribution in [1.82, 2.24) is 0 Å². The number of halogens is 3. The van der Waals surface area contributed by atoms with E-state index in [4.69, 9.17) is 32.7 Å². The van der Waals surface area contributed by atoms with E-state index in [1.807, 2.05) is 0 Å². The summed E-state index contributed by atoms with van der Waals surface area (Å²) in [6.07, 6.45) is 0. The summed E-state index contributed by atoms with van der Waals surface area (Å²) < 4.78 is 18.3. The molecule has 0 amide bonds. The van der Waals surface area contributed by atoms with Crippen molar-refractivity contribution < 1.29 is 18.7 Å². The van der Waals surface area contributed by atoms with Crippen LogP contribution in [0.25, 0.3) is 0 Å². The predicted octanol–water partition coefficient (Wildman–Crippen LogP) is 4.34. The van der Waals surface area contributed by atoms with Crippen LogP contribution in [-0.4, -0.2) is 11.1 Å². The lowest BCUT2D eigenvalue weighted by atomic mass is 10.2. The highest BCUT2D eigenvalue weighted by Crippen LogP contribution is 2.28. The summed E-state index contributed by atoms with van der Waals surface area (Å²) in [6, 6.07) is 4.23. The van der Waals surface area contributed by atoms with Crippen LogP contribution < -0.4 is 5.32 Å². The molecule has 0 spiro atoms. The van der Waals surface area contributed by atoms with Gasteiger partial charge in [-0.15, -0.1) is 0 Å². The maximum absolute atomic E-state index is 13.3. The topological polar surface area (TPSA) is 62.5 Å². The van der Waals surface area contributed by atoms with E-state index in [9.17, 15) is 9.18 Å². The van der Waals surface area contributed by atoms with Crippen LogP contribution in [0.4, 0.5) is 10.1 Å². The van der Waals surface area contributed by atoms with Gasteiger partial charge in [0.1, 0.15) is 5.76 Å². The van der Waals surface area contributed by atoms with Crippen molar-refractivity contribution in [2.45, 2.75) is 13.5 Å². The third-order valence-electron chi connectivity index (χ3n) is 2.70. The van der Waals surface area contributed by atoms with E-state index in [2.05, 4.69) is 5.32 Å². The fourth-order valence-corrected chi connectivity index (χ4v) is 2.14. The molecule has 0 radical (unpaired) electrons. The Hall–Kier alpha value is -1.72. The predicted molar refractivity (Wildman–Crippen MR) is 74.2 cm³/mol. The van der Waals surface area contributed by atoms with Crippen LogP contribution in [-0.2, 0) is 6.54 Å². The zero-order valence-corrected chi connectivity index (χ0v) is 11.8. The first-order valence-electron chi connectivity index (χ1n) is 5.59. The number of aromatic carboxylic acids is 1. The second kappa shape index (κ2) is 5.73. The van der Waals surface area contributed by atoms with Gasteiger partial charge in [0.25, 0.3) is 0 Å². The third kappa shape index (κ3) is 3.05. The number of furan rings is 1. The minimum Gasteiger partial charge on any atom is -0.475 e. The fourth-order valence-electron chi connectivity index (χ4n) is 1.66. The molecule has 1 aromatic heterocycles. The third-order valence-corrected chi connectivity index (χ3v) is 3.25. The molecule has 7 heteroatoms. The van der Waals surface area contributed by atoms with Crippen LogP contribution in [0, 0.1) is 12.7 Å². The molecule has 0 unspecified atom stereocenters. The zero-order chi connectivity index (χ0) is 14.9. The Balaban J connectivity index is 2.15. The molecule has 0 aliphatic heterocycles. The Morgan fingerprint density at radius 1 is 1.35 bits per heavy atom. The summed E-state index contributed by atoms with van der Waals surface area (Å²) in [5, 5.41) is 11.6. The Morgan fingerprint density at radius 3 is 2.45 bits per heavy atom. The number of benzene rings is 1. The lowest BCUT2D eigenvalue weighted by Crippen LogP contribution is -2.00. The minimum atomic E-state index is -1.13. The molecule has 2 rings (SSSR count). The standard InChI is InChI=1S/C13H10Cl2FNO3/c1-6-7(2-11(20-6)13(18)19)5-17-8-3-9(14)12(16)10(15)4-8/h2-4,17H,5H2,1H3,(H,18,19). The van der Waals surface area contributed by atoms with Crippen LogP contribution in [0.3, 0.4) is 0 Å². The van der Waals surface area contributed by atoms with Crippen molar-refractivity contribution in [2.24, 2.45) is 0 Å². The first kappa shape index (κ1) is 14.7. The van der Waals surface area contributed by atoms with Crippen molar-refractivity contribution >= 4 is 34.9 Å². The average Bonchev–Trinajstić information content (AvgIpc) is 2.75. The number of anilines is 1. The van der Waals surface area contributed by atoms with Gasteiger partial charge in [-0.25, -0.2) is 9.18 Å². The second-order valence-electron chi connectivity index (χ2n) is 4.10. The molecule has 0 atom stereocenters. The number of carboxylic acids is 1. The maximum atomic E-state index is 13.3. The quantitative estimate of drug-likeness (QED) is 0.823. The van der Waals surface area contributed by atoms with E-state index >= 15 is 0 Å². The van der Waals surface area contributed by atoms with E-state index in [-0.39, 0.29) is 15.8 Å². The van der Waals surface area contributed by atoms with Crippen LogP contribution in [0.15, 0.2) is 22.6 Å². The molecule has 106 valence electrons. The Bertz CT molecular complexity index is 647. The van der Waals surface area contributed by atoms with Crippen molar-refractivity contribution in [3.8, 4) is 0 Å². The SMILES string of the molecule is Cc1oc(C(=O)O)cc1CNc1cc(Cl)c(F)c(Cl)c1. The van der Waals surface area contributed by atoms with Gasteiger partial charge in [-0.05, 0) is 25.1 Å². The van der Waals surface area contributed by atoms with Crippen molar-refractivity contribution in [3.05, 3.63) is 51.1 Å². The van der Waals surface area contributed by atoms with Gasteiger partial charge in [0.05, 0.1) is 10.0 Å². The number of carbonyl (C=O) groups is 1. The van der Waals surface area contributed by atoms with Crippen molar-refractivity contribution in [3.63, 3.8) is 0 Å². The monoisotopic (exact) mass is 317 g/mol. The molecule has 1 heterocycles. The molecule has 1 aromatic carbocycles. The molecule has 0 saturated heterocycles. The fraction of sp³-hybridized carbons (Fsp3) is 0.154. The molecule has 4 nitrogen and oxygen atoms in total. The Labute approximate surface area is 124 Å². The van der Waals surface area contributed by atoms with Gasteiger partial charge in [-0.1, -0.05) is 23.2 Å². The smallest absolute Gasteiger partial charge is 0.371 e. The van der Waals surface area contributed by atoms with Crippen LogP contribution in [0.2, 0.25) is 10.0 Å². The van der Waals surface area contributed by atoms with Crippen LogP contribution in [0.5, 0.6) is 0 Å². The van der Waals surface area contributed by atoms with E-state index in [1.54, 1.807) is 6.92 Å². The molecule has 0 fully saturated rings. The number of hydrogen-bond acceptors (Lipinski definition) is 3. The molecule has 0 aliphatic rings. The summed E-state index contributed by atoms with van der Waals surface area (Å²) in [7, 11) is 0. The highest BCUT2D eigenvalue weighted by atomic mass is 35.5. The normalized spacial score (nSPS) is 10.6. The summed E-state index contributed by atoms with van der Waals surface area (Å²) in [5.74, 6) is -1.44. The molecule has 2 N–H and O–H groups in total. The number of nitrogens with one attached hydrogen (secondary N) is 1. The van der Waals surface area contributed by atoms with E-state index in [0.717, 1.165) is 0 Å². The highest BCUT2D eigenvalue weighted by Gasteiger charge is 2.13. The zero-order valence-electron chi connectivity index (χ0n) is 10.3. The van der Waals surface area contributed by atoms with Gasteiger partial charge < -0.3 is 14.8 Å². The van der Waals surface area contributed by atoms with Crippen LogP contribution in [0.1, 0.15) is 21.9 Å². The molecular weight excluding hydrogens is 308 g/mol. The van der Waals surface area contributed by atoms with Gasteiger partial charge in [-0.3, -0.25) is 0 Å². The summed E-state index contributed by atoms with van der Waals surface area (Å²) in [5.41, 5.74) is 1.21. The Kier molecular flexibility index (Phi) is 4.20. The van der Waals surface area contributed by atoms with Crippen LogP contribution >= 0.6 is 23.2 Å². The first-order valence-corrected chi connectivity index (χ1v) is 6.35. The van der Waals surface area contributed by atoms with Gasteiger partial charge in [0, 0.05) is 17.8 Å². The molecule has 0 saturated carbocycles. The van der Waals surface area contributed by atoms with Gasteiger partial charge in [0.15, 0.2) is 5.82 Å². The molecule has 20 heavy (non-hydrogen) atoms. The number of hydrogen-bond donors (Lipinski definition) is 2. The first-order chi connectivity index (χ1) is 9.38. The number of rotatable bonds is 4. The van der Waals surface area contributed by atoms with Gasteiger partial charge in [-0.2, -0.15) is 0 Å². The second-order valence-corrected chi connectivity index (χ2v) is 4.92. The van der Waals surface area contributed by atoms with Gasteiger partial charge in [0.2, 0.25) is 5.76 Å². The summed E-state index contributed by atoms with van der Waals surface area (Å²) in [6.45, 7) is 1.97. The molecular formula is C13H10Cl2FNO3. The molecule has 0 aliphatic carbocycles. The largest absolute Gasteiger partial charge is 0.475 e. The maximum Gasteiger partial charge on any atom is 0.371 e. The van der Waals surface area contributed by atoms with Gasteiger partial charge >= 0.3 is 5.97 Å². The lowest BCUT2D eigenvalue weighted by molar-refractivity contribution is 0.0661. The average molecular weight is 318 g/mol. The molecule has 0 bridgehead atoms. The summed E-state index contributed by atoms with van der Waals surface area (Å²) >= 11 is 11.4.